The van der Waals surface area contributed by atoms with Crippen molar-refractivity contribution < 1.29 is 19.0 Å². The number of fused-ring (bicyclic) bond motifs is 3. The van der Waals surface area contributed by atoms with Gasteiger partial charge >= 0.3 is 5.97 Å². The number of carbonyl (C=O) groups excluding carboxylic acids is 1. The van der Waals surface area contributed by atoms with Crippen LogP contribution in [0.1, 0.15) is 44.0 Å². The van der Waals surface area contributed by atoms with Crippen molar-refractivity contribution in [2.24, 2.45) is 0 Å². The van der Waals surface area contributed by atoms with Crippen LogP contribution in [0.3, 0.4) is 0 Å². The summed E-state index contributed by atoms with van der Waals surface area (Å²) < 4.78 is 16.4. The minimum Gasteiger partial charge on any atom is -0.485 e. The molecule has 0 saturated carbocycles. The Morgan fingerprint density at radius 1 is 1.40 bits per heavy atom. The van der Waals surface area contributed by atoms with Crippen LogP contribution >= 0.6 is 11.8 Å². The first kappa shape index (κ1) is 18.3. The van der Waals surface area contributed by atoms with Gasteiger partial charge in [0.2, 0.25) is 5.82 Å². The SMILES string of the molecule is COC(=O)c1nc2c(c(C(C)(C)SC)n1)OC[C@]1(C)COC[C@@H](C)N21. The van der Waals surface area contributed by atoms with E-state index in [1.165, 1.54) is 7.11 Å². The molecule has 7 nitrogen and oxygen atoms in total. The number of anilines is 1. The minimum atomic E-state index is -0.547. The fraction of sp³-hybridized carbons (Fsp3) is 0.706. The van der Waals surface area contributed by atoms with Crippen LogP contribution in [-0.2, 0) is 14.2 Å². The van der Waals surface area contributed by atoms with Gasteiger partial charge in [0.25, 0.3) is 0 Å². The zero-order chi connectivity index (χ0) is 18.4. The highest BCUT2D eigenvalue weighted by molar-refractivity contribution is 7.99. The summed E-state index contributed by atoms with van der Waals surface area (Å²) >= 11 is 1.64. The summed E-state index contributed by atoms with van der Waals surface area (Å²) in [5.74, 6) is 0.814. The molecule has 2 aliphatic rings. The molecule has 0 aromatic carbocycles. The van der Waals surface area contributed by atoms with E-state index in [9.17, 15) is 4.79 Å². The lowest BCUT2D eigenvalue weighted by Gasteiger charge is -2.51. The lowest BCUT2D eigenvalue weighted by atomic mass is 9.95. The number of aromatic nitrogens is 2. The highest BCUT2D eigenvalue weighted by atomic mass is 32.2. The fourth-order valence-electron chi connectivity index (χ4n) is 3.35. The average molecular weight is 367 g/mol. The van der Waals surface area contributed by atoms with Gasteiger partial charge in [-0.25, -0.2) is 14.8 Å². The number of hydrogen-bond donors (Lipinski definition) is 0. The van der Waals surface area contributed by atoms with Gasteiger partial charge < -0.3 is 19.1 Å². The third-order valence-electron chi connectivity index (χ3n) is 4.85. The van der Waals surface area contributed by atoms with Gasteiger partial charge in [-0.3, -0.25) is 0 Å². The Morgan fingerprint density at radius 3 is 2.76 bits per heavy atom. The number of morpholine rings is 1. The van der Waals surface area contributed by atoms with Crippen LogP contribution in [0.2, 0.25) is 0 Å². The summed E-state index contributed by atoms with van der Waals surface area (Å²) in [7, 11) is 1.34. The van der Waals surface area contributed by atoms with Crippen molar-refractivity contribution in [3.8, 4) is 5.75 Å². The molecular weight excluding hydrogens is 342 g/mol. The number of esters is 1. The zero-order valence-corrected chi connectivity index (χ0v) is 16.4. The van der Waals surface area contributed by atoms with E-state index in [4.69, 9.17) is 14.2 Å². The highest BCUT2D eigenvalue weighted by Gasteiger charge is 2.47. The second kappa shape index (κ2) is 6.32. The van der Waals surface area contributed by atoms with E-state index < -0.39 is 5.97 Å². The predicted molar refractivity (Wildman–Crippen MR) is 96.6 cm³/mol. The van der Waals surface area contributed by atoms with Crippen molar-refractivity contribution in [1.29, 1.82) is 0 Å². The van der Waals surface area contributed by atoms with Crippen molar-refractivity contribution >= 4 is 23.5 Å². The Hall–Kier alpha value is -1.54. The summed E-state index contributed by atoms with van der Waals surface area (Å²) in [6.07, 6.45) is 2.01. The molecule has 8 heteroatoms. The summed E-state index contributed by atoms with van der Waals surface area (Å²) in [5.41, 5.74) is 0.388. The Labute approximate surface area is 152 Å². The Kier molecular flexibility index (Phi) is 4.61. The van der Waals surface area contributed by atoms with Crippen LogP contribution in [0, 0.1) is 0 Å². The molecule has 0 radical (unpaired) electrons. The maximum atomic E-state index is 12.2. The maximum Gasteiger partial charge on any atom is 0.376 e. The molecule has 3 heterocycles. The number of hydrogen-bond acceptors (Lipinski definition) is 8. The number of carbonyl (C=O) groups is 1. The topological polar surface area (TPSA) is 73.8 Å². The van der Waals surface area contributed by atoms with E-state index in [0.29, 0.717) is 37.1 Å². The zero-order valence-electron chi connectivity index (χ0n) is 15.6. The summed E-state index contributed by atoms with van der Waals surface area (Å²) in [4.78, 5) is 23.4. The van der Waals surface area contributed by atoms with Gasteiger partial charge in [0.1, 0.15) is 12.3 Å². The van der Waals surface area contributed by atoms with Crippen LogP contribution in [0.25, 0.3) is 0 Å². The van der Waals surface area contributed by atoms with Gasteiger partial charge in [-0.05, 0) is 34.0 Å². The third kappa shape index (κ3) is 2.95. The number of thioether (sulfide) groups is 1. The van der Waals surface area contributed by atoms with Crippen LogP contribution in [0.5, 0.6) is 5.75 Å². The molecule has 2 aliphatic heterocycles. The lowest BCUT2D eigenvalue weighted by molar-refractivity contribution is 0.00690. The molecule has 1 aromatic heterocycles. The van der Waals surface area contributed by atoms with Crippen LogP contribution < -0.4 is 9.64 Å². The van der Waals surface area contributed by atoms with Gasteiger partial charge in [-0.2, -0.15) is 11.8 Å². The second-order valence-corrected chi connectivity index (χ2v) is 8.70. The van der Waals surface area contributed by atoms with Crippen molar-refractivity contribution in [1.82, 2.24) is 9.97 Å². The molecule has 0 unspecified atom stereocenters. The Balaban J connectivity index is 2.23. The molecule has 0 spiro atoms. The van der Waals surface area contributed by atoms with Crippen LogP contribution in [-0.4, -0.2) is 60.7 Å². The van der Waals surface area contributed by atoms with E-state index in [2.05, 4.69) is 42.6 Å². The summed E-state index contributed by atoms with van der Waals surface area (Å²) in [6, 6.07) is 0.118. The molecule has 138 valence electrons. The highest BCUT2D eigenvalue weighted by Crippen LogP contribution is 2.47. The Morgan fingerprint density at radius 2 is 2.12 bits per heavy atom. The molecule has 0 aliphatic carbocycles. The van der Waals surface area contributed by atoms with Crippen molar-refractivity contribution in [3.05, 3.63) is 11.5 Å². The molecule has 1 fully saturated rings. The first-order chi connectivity index (χ1) is 11.7. The average Bonchev–Trinajstić information content (AvgIpc) is 2.59. The van der Waals surface area contributed by atoms with E-state index in [-0.39, 0.29) is 22.2 Å². The number of methoxy groups -OCH3 is 1. The van der Waals surface area contributed by atoms with E-state index >= 15 is 0 Å². The molecule has 0 N–H and O–H groups in total. The number of rotatable bonds is 3. The van der Waals surface area contributed by atoms with Crippen molar-refractivity contribution in [2.75, 3.05) is 38.1 Å². The molecule has 25 heavy (non-hydrogen) atoms. The first-order valence-electron chi connectivity index (χ1n) is 8.29. The molecular formula is C17H25N3O4S. The standard InChI is InChI=1S/C17H25N3O4S/c1-10-7-23-8-17(4)9-24-11-12(16(2,3)25-6)18-13(15(21)22-5)19-14(11)20(10)17/h10H,7-9H2,1-6H3/t10-,17+/m1/s1. The van der Waals surface area contributed by atoms with Gasteiger partial charge in [0.05, 0.1) is 36.7 Å². The largest absolute Gasteiger partial charge is 0.485 e. The molecule has 1 aromatic rings. The lowest BCUT2D eigenvalue weighted by Crippen LogP contribution is -2.64. The van der Waals surface area contributed by atoms with Crippen LogP contribution in [0.4, 0.5) is 5.82 Å². The maximum absolute atomic E-state index is 12.2. The first-order valence-corrected chi connectivity index (χ1v) is 9.52. The summed E-state index contributed by atoms with van der Waals surface area (Å²) in [6.45, 7) is 9.94. The quantitative estimate of drug-likeness (QED) is 0.753. The minimum absolute atomic E-state index is 0.0601. The molecule has 3 rings (SSSR count). The molecule has 1 saturated heterocycles. The van der Waals surface area contributed by atoms with E-state index in [1.807, 2.05) is 6.26 Å². The normalized spacial score (nSPS) is 25.7. The van der Waals surface area contributed by atoms with Gasteiger partial charge in [0.15, 0.2) is 11.6 Å². The van der Waals surface area contributed by atoms with Gasteiger partial charge in [0, 0.05) is 0 Å². The van der Waals surface area contributed by atoms with E-state index in [0.717, 1.165) is 0 Å². The molecule has 0 amide bonds. The van der Waals surface area contributed by atoms with Gasteiger partial charge in [-0.1, -0.05) is 0 Å². The predicted octanol–water partition coefficient (Wildman–Crippen LogP) is 2.24. The fourth-order valence-corrected chi connectivity index (χ4v) is 3.68. The Bertz CT molecular complexity index is 697. The number of ether oxygens (including phenoxy) is 3. The van der Waals surface area contributed by atoms with Crippen LogP contribution in [0.15, 0.2) is 0 Å². The summed E-state index contributed by atoms with van der Waals surface area (Å²) in [5, 5.41) is 0. The second-order valence-electron chi connectivity index (χ2n) is 7.27. The van der Waals surface area contributed by atoms with Gasteiger partial charge in [-0.15, -0.1) is 0 Å². The van der Waals surface area contributed by atoms with E-state index in [1.54, 1.807) is 11.8 Å². The monoisotopic (exact) mass is 367 g/mol. The number of nitrogens with zero attached hydrogens (tertiary/aromatic N) is 3. The smallest absolute Gasteiger partial charge is 0.376 e. The van der Waals surface area contributed by atoms with Crippen molar-refractivity contribution in [2.45, 2.75) is 44.0 Å². The van der Waals surface area contributed by atoms with Crippen molar-refractivity contribution in [3.63, 3.8) is 0 Å². The molecule has 2 atom stereocenters. The molecule has 0 bridgehead atoms. The third-order valence-corrected chi connectivity index (χ3v) is 6.06.